The second-order valence-corrected chi connectivity index (χ2v) is 4.04. The summed E-state index contributed by atoms with van der Waals surface area (Å²) in [7, 11) is 1.73. The summed E-state index contributed by atoms with van der Waals surface area (Å²) in [5.41, 5.74) is 8.51. The minimum absolute atomic E-state index is 0.223. The lowest BCUT2D eigenvalue weighted by Gasteiger charge is -2.09. The van der Waals surface area contributed by atoms with Crippen LogP contribution in [0.4, 0.5) is 0 Å². The number of nitrogens with zero attached hydrogens (tertiary/aromatic N) is 1. The molecule has 0 aliphatic rings. The average Bonchev–Trinajstić information content (AvgIpc) is 2.27. The Kier molecular flexibility index (Phi) is 7.43. The number of amides is 1. The summed E-state index contributed by atoms with van der Waals surface area (Å²) in [6.45, 7) is 7.49. The first-order valence-electron chi connectivity index (χ1n) is 5.98. The van der Waals surface area contributed by atoms with E-state index in [0.29, 0.717) is 5.70 Å². The molecule has 4 nitrogen and oxygen atoms in total. The highest BCUT2D eigenvalue weighted by Crippen LogP contribution is 2.07. The normalized spacial score (nSPS) is 14.7. The largest absolute Gasteiger partial charge is 0.402 e. The molecule has 0 heterocycles. The lowest BCUT2D eigenvalue weighted by molar-refractivity contribution is -0.115. The summed E-state index contributed by atoms with van der Waals surface area (Å²) in [5, 5.41) is 2.79. The highest BCUT2D eigenvalue weighted by Gasteiger charge is 2.05. The molecule has 4 heteroatoms. The van der Waals surface area contributed by atoms with E-state index in [0.717, 1.165) is 23.4 Å². The minimum atomic E-state index is -0.223. The number of allylic oxidation sites excluding steroid dienone is 5. The highest BCUT2D eigenvalue weighted by molar-refractivity contribution is 6.02. The zero-order valence-corrected chi connectivity index (χ0v) is 11.9. The van der Waals surface area contributed by atoms with Crippen LogP contribution in [0.5, 0.6) is 0 Å². The van der Waals surface area contributed by atoms with Gasteiger partial charge in [-0.25, -0.2) is 0 Å². The van der Waals surface area contributed by atoms with Crippen LogP contribution < -0.4 is 11.1 Å². The van der Waals surface area contributed by atoms with E-state index < -0.39 is 0 Å². The predicted octanol–water partition coefficient (Wildman–Crippen LogP) is 2.30. The van der Waals surface area contributed by atoms with Gasteiger partial charge in [-0.3, -0.25) is 9.79 Å². The maximum absolute atomic E-state index is 11.6. The van der Waals surface area contributed by atoms with Crippen molar-refractivity contribution in [2.75, 3.05) is 7.05 Å². The van der Waals surface area contributed by atoms with E-state index in [4.69, 9.17) is 5.73 Å². The molecule has 0 unspecified atom stereocenters. The molecule has 0 aliphatic carbocycles. The Morgan fingerprint density at radius 2 is 1.94 bits per heavy atom. The molecule has 0 aliphatic heterocycles. The van der Waals surface area contributed by atoms with Crippen molar-refractivity contribution in [2.24, 2.45) is 10.7 Å². The van der Waals surface area contributed by atoms with Crippen LogP contribution in [0, 0.1) is 0 Å². The molecule has 1 amide bonds. The summed E-state index contributed by atoms with van der Waals surface area (Å²) >= 11 is 0. The van der Waals surface area contributed by atoms with E-state index >= 15 is 0 Å². The van der Waals surface area contributed by atoms with Crippen LogP contribution in [0.3, 0.4) is 0 Å². The van der Waals surface area contributed by atoms with Crippen LogP contribution >= 0.6 is 0 Å². The van der Waals surface area contributed by atoms with Crippen LogP contribution in [0.15, 0.2) is 40.2 Å². The van der Waals surface area contributed by atoms with Crippen molar-refractivity contribution in [3.05, 3.63) is 35.2 Å². The third kappa shape index (κ3) is 6.03. The van der Waals surface area contributed by atoms with E-state index in [1.54, 1.807) is 14.0 Å². The molecule has 0 saturated carbocycles. The summed E-state index contributed by atoms with van der Waals surface area (Å²) < 4.78 is 0. The van der Waals surface area contributed by atoms with Gasteiger partial charge in [0.2, 0.25) is 5.91 Å². The SMILES string of the molecule is CC/C=C\C(C(C)=NC)=C(/C)NC(=O)/C=C(/C)N. The van der Waals surface area contributed by atoms with Crippen molar-refractivity contribution in [1.29, 1.82) is 0 Å². The molecular weight excluding hydrogens is 226 g/mol. The maximum atomic E-state index is 11.6. The second kappa shape index (κ2) is 8.28. The molecule has 0 aromatic carbocycles. The van der Waals surface area contributed by atoms with Gasteiger partial charge in [0.1, 0.15) is 0 Å². The fraction of sp³-hybridized carbons (Fsp3) is 0.429. The van der Waals surface area contributed by atoms with Crippen molar-refractivity contribution in [1.82, 2.24) is 5.32 Å². The molecule has 0 rings (SSSR count). The molecule has 18 heavy (non-hydrogen) atoms. The number of carbonyl (C=O) groups is 1. The summed E-state index contributed by atoms with van der Waals surface area (Å²) in [4.78, 5) is 15.7. The fourth-order valence-corrected chi connectivity index (χ4v) is 1.37. The first-order chi connectivity index (χ1) is 8.42. The third-order valence-corrected chi connectivity index (χ3v) is 2.32. The zero-order chi connectivity index (χ0) is 14.1. The van der Waals surface area contributed by atoms with Crippen molar-refractivity contribution in [2.45, 2.75) is 34.1 Å². The number of hydrogen-bond donors (Lipinski definition) is 2. The first-order valence-corrected chi connectivity index (χ1v) is 5.98. The summed E-state index contributed by atoms with van der Waals surface area (Å²) in [6, 6.07) is 0. The van der Waals surface area contributed by atoms with Gasteiger partial charge in [0.25, 0.3) is 0 Å². The Morgan fingerprint density at radius 3 is 2.39 bits per heavy atom. The lowest BCUT2D eigenvalue weighted by Crippen LogP contribution is -2.22. The second-order valence-electron chi connectivity index (χ2n) is 4.04. The average molecular weight is 249 g/mol. The molecule has 0 spiro atoms. The Balaban J connectivity index is 5.16. The smallest absolute Gasteiger partial charge is 0.249 e. The number of nitrogens with one attached hydrogen (secondary N) is 1. The van der Waals surface area contributed by atoms with Gasteiger partial charge in [-0.2, -0.15) is 0 Å². The van der Waals surface area contributed by atoms with Crippen molar-refractivity contribution in [3.63, 3.8) is 0 Å². The Bertz CT molecular complexity index is 411. The van der Waals surface area contributed by atoms with Gasteiger partial charge < -0.3 is 11.1 Å². The molecular formula is C14H23N3O. The first kappa shape index (κ1) is 16.2. The van der Waals surface area contributed by atoms with Gasteiger partial charge in [-0.1, -0.05) is 19.1 Å². The van der Waals surface area contributed by atoms with Gasteiger partial charge in [0.15, 0.2) is 0 Å². The molecule has 0 saturated heterocycles. The van der Waals surface area contributed by atoms with E-state index in [9.17, 15) is 4.79 Å². The number of carbonyl (C=O) groups excluding carboxylic acids is 1. The molecule has 3 N–H and O–H groups in total. The van der Waals surface area contributed by atoms with Gasteiger partial charge >= 0.3 is 0 Å². The van der Waals surface area contributed by atoms with E-state index in [-0.39, 0.29) is 5.91 Å². The highest BCUT2D eigenvalue weighted by atomic mass is 16.1. The molecule has 100 valence electrons. The molecule has 0 aromatic heterocycles. The molecule has 0 fully saturated rings. The van der Waals surface area contributed by atoms with Crippen LogP contribution in [-0.2, 0) is 4.79 Å². The summed E-state index contributed by atoms with van der Waals surface area (Å²) in [5.74, 6) is -0.223. The maximum Gasteiger partial charge on any atom is 0.249 e. The predicted molar refractivity (Wildman–Crippen MR) is 77.3 cm³/mol. The standard InChI is InChI=1S/C14H23N3O/c1-6-7-8-13(11(3)16-5)12(4)17-14(18)9-10(2)15/h7-9H,6,15H2,1-5H3,(H,17,18)/b8-7-,10-9-,13-12-,16-11?. The van der Waals surface area contributed by atoms with E-state index in [2.05, 4.69) is 17.2 Å². The van der Waals surface area contributed by atoms with Gasteiger partial charge in [-0.05, 0) is 27.2 Å². The Hall–Kier alpha value is -1.84. The fourth-order valence-electron chi connectivity index (χ4n) is 1.37. The zero-order valence-electron chi connectivity index (χ0n) is 11.9. The van der Waals surface area contributed by atoms with Gasteiger partial charge in [-0.15, -0.1) is 0 Å². The van der Waals surface area contributed by atoms with Gasteiger partial charge in [0, 0.05) is 35.8 Å². The van der Waals surface area contributed by atoms with Crippen LogP contribution in [0.25, 0.3) is 0 Å². The van der Waals surface area contributed by atoms with Crippen molar-refractivity contribution in [3.8, 4) is 0 Å². The Morgan fingerprint density at radius 1 is 1.33 bits per heavy atom. The lowest BCUT2D eigenvalue weighted by atomic mass is 10.1. The monoisotopic (exact) mass is 249 g/mol. The van der Waals surface area contributed by atoms with Crippen LogP contribution in [0.1, 0.15) is 34.1 Å². The third-order valence-electron chi connectivity index (χ3n) is 2.32. The molecule has 0 radical (unpaired) electrons. The van der Waals surface area contributed by atoms with Crippen molar-refractivity contribution >= 4 is 11.6 Å². The molecule has 0 aromatic rings. The number of aliphatic imine (C=N–C) groups is 1. The quantitative estimate of drug-likeness (QED) is 0.446. The van der Waals surface area contributed by atoms with E-state index in [1.165, 1.54) is 6.08 Å². The summed E-state index contributed by atoms with van der Waals surface area (Å²) in [6.07, 6.45) is 6.30. The number of rotatable bonds is 5. The number of hydrogen-bond acceptors (Lipinski definition) is 3. The Labute approximate surface area is 109 Å². The molecule has 0 atom stereocenters. The molecule has 0 bridgehead atoms. The number of nitrogens with two attached hydrogens (primary N) is 1. The van der Waals surface area contributed by atoms with Crippen LogP contribution in [0.2, 0.25) is 0 Å². The van der Waals surface area contributed by atoms with E-state index in [1.807, 2.05) is 26.0 Å². The van der Waals surface area contributed by atoms with Crippen LogP contribution in [-0.4, -0.2) is 18.7 Å². The van der Waals surface area contributed by atoms with Gasteiger partial charge in [0.05, 0.1) is 0 Å². The topological polar surface area (TPSA) is 67.5 Å². The minimum Gasteiger partial charge on any atom is -0.402 e. The van der Waals surface area contributed by atoms with Crippen molar-refractivity contribution < 1.29 is 4.79 Å².